The molecule has 2 rings (SSSR count). The van der Waals surface area contributed by atoms with Crippen LogP contribution in [0.4, 0.5) is 0 Å². The fourth-order valence-corrected chi connectivity index (χ4v) is 2.91. The van der Waals surface area contributed by atoms with Crippen molar-refractivity contribution < 1.29 is 9.53 Å². The Hall–Kier alpha value is -2.33. The first-order valence-corrected chi connectivity index (χ1v) is 9.68. The lowest BCUT2D eigenvalue weighted by Gasteiger charge is -2.20. The summed E-state index contributed by atoms with van der Waals surface area (Å²) < 4.78 is 5.57. The number of amides is 1. The number of hydrogen-bond acceptors (Lipinski definition) is 3. The maximum atomic E-state index is 11.8. The van der Waals surface area contributed by atoms with Gasteiger partial charge in [-0.3, -0.25) is 4.79 Å². The average molecular weight is 369 g/mol. The van der Waals surface area contributed by atoms with E-state index in [1.807, 2.05) is 51.1 Å². The summed E-state index contributed by atoms with van der Waals surface area (Å²) in [5, 5.41) is 6.53. The molecule has 2 aromatic carbocycles. The molecular weight excluding hydrogens is 336 g/mol. The van der Waals surface area contributed by atoms with Crippen molar-refractivity contribution in [2.45, 2.75) is 58.7 Å². The van der Waals surface area contributed by atoms with Crippen LogP contribution in [0, 0.1) is 0 Å². The van der Waals surface area contributed by atoms with Crippen LogP contribution in [0.3, 0.4) is 0 Å². The van der Waals surface area contributed by atoms with Gasteiger partial charge in [-0.05, 0) is 50.5 Å². The minimum Gasteiger partial charge on any atom is -0.484 e. The number of nitrogens with one attached hydrogen (secondary N) is 2. The molecule has 0 saturated heterocycles. The molecule has 1 unspecified atom stereocenters. The molecular formula is C23H32N2O2. The second-order valence-electron chi connectivity index (χ2n) is 7.86. The molecule has 0 saturated carbocycles. The summed E-state index contributed by atoms with van der Waals surface area (Å²) in [5.41, 5.74) is 2.27. The van der Waals surface area contributed by atoms with E-state index in [9.17, 15) is 4.79 Å². The SMILES string of the molecule is CCCC(NCc1ccc(OCC(=O)NC(C)(C)C)cc1)c1ccccc1. The lowest BCUT2D eigenvalue weighted by molar-refractivity contribution is -0.124. The van der Waals surface area contributed by atoms with Crippen LogP contribution in [-0.4, -0.2) is 18.1 Å². The number of rotatable bonds is 9. The van der Waals surface area contributed by atoms with Crippen molar-refractivity contribution in [3.8, 4) is 5.75 Å². The smallest absolute Gasteiger partial charge is 0.258 e. The van der Waals surface area contributed by atoms with E-state index in [0.717, 1.165) is 19.4 Å². The van der Waals surface area contributed by atoms with Gasteiger partial charge in [0.1, 0.15) is 5.75 Å². The molecule has 0 bridgehead atoms. The summed E-state index contributed by atoms with van der Waals surface area (Å²) >= 11 is 0. The Labute approximate surface area is 163 Å². The predicted octanol–water partition coefficient (Wildman–Crippen LogP) is 4.61. The van der Waals surface area contributed by atoms with Gasteiger partial charge < -0.3 is 15.4 Å². The van der Waals surface area contributed by atoms with Gasteiger partial charge in [-0.15, -0.1) is 0 Å². The zero-order valence-corrected chi connectivity index (χ0v) is 16.9. The molecule has 0 aliphatic heterocycles. The molecule has 4 nitrogen and oxygen atoms in total. The molecule has 0 aliphatic carbocycles. The van der Waals surface area contributed by atoms with E-state index in [1.54, 1.807) is 0 Å². The molecule has 0 spiro atoms. The van der Waals surface area contributed by atoms with E-state index in [-0.39, 0.29) is 18.1 Å². The minimum atomic E-state index is -0.246. The Kier molecular flexibility index (Phi) is 7.86. The van der Waals surface area contributed by atoms with E-state index < -0.39 is 0 Å². The molecule has 1 atom stereocenters. The van der Waals surface area contributed by atoms with Gasteiger partial charge in [0.25, 0.3) is 5.91 Å². The zero-order chi connectivity index (χ0) is 19.7. The summed E-state index contributed by atoms with van der Waals surface area (Å²) in [6.45, 7) is 8.89. The van der Waals surface area contributed by atoms with E-state index in [1.165, 1.54) is 11.1 Å². The van der Waals surface area contributed by atoms with E-state index in [0.29, 0.717) is 11.8 Å². The second-order valence-corrected chi connectivity index (χ2v) is 7.86. The minimum absolute atomic E-state index is 0.0292. The first-order valence-electron chi connectivity index (χ1n) is 9.68. The molecule has 0 fully saturated rings. The van der Waals surface area contributed by atoms with Gasteiger partial charge in [0.15, 0.2) is 6.61 Å². The third-order valence-electron chi connectivity index (χ3n) is 4.14. The first-order chi connectivity index (χ1) is 12.9. The Morgan fingerprint density at radius 2 is 1.70 bits per heavy atom. The van der Waals surface area contributed by atoms with Crippen LogP contribution in [0.1, 0.15) is 57.7 Å². The molecule has 2 N–H and O–H groups in total. The highest BCUT2D eigenvalue weighted by Crippen LogP contribution is 2.19. The highest BCUT2D eigenvalue weighted by Gasteiger charge is 2.14. The monoisotopic (exact) mass is 368 g/mol. The van der Waals surface area contributed by atoms with Gasteiger partial charge in [0, 0.05) is 18.1 Å². The number of carbonyl (C=O) groups is 1. The predicted molar refractivity (Wildman–Crippen MR) is 111 cm³/mol. The molecule has 27 heavy (non-hydrogen) atoms. The largest absolute Gasteiger partial charge is 0.484 e. The number of ether oxygens (including phenoxy) is 1. The Bertz CT molecular complexity index is 691. The molecule has 2 aromatic rings. The maximum absolute atomic E-state index is 11.8. The Morgan fingerprint density at radius 1 is 1.04 bits per heavy atom. The molecule has 0 aromatic heterocycles. The van der Waals surface area contributed by atoms with Gasteiger partial charge in [0.05, 0.1) is 0 Å². The summed E-state index contributed by atoms with van der Waals surface area (Å²) in [6, 6.07) is 18.8. The van der Waals surface area contributed by atoms with Crippen LogP contribution in [0.15, 0.2) is 54.6 Å². The molecule has 146 valence electrons. The van der Waals surface area contributed by atoms with Crippen LogP contribution in [0.2, 0.25) is 0 Å². The zero-order valence-electron chi connectivity index (χ0n) is 16.9. The Balaban J connectivity index is 1.85. The fourth-order valence-electron chi connectivity index (χ4n) is 2.91. The Morgan fingerprint density at radius 3 is 2.30 bits per heavy atom. The highest BCUT2D eigenvalue weighted by molar-refractivity contribution is 5.78. The fraction of sp³-hybridized carbons (Fsp3) is 0.435. The lowest BCUT2D eigenvalue weighted by atomic mass is 10.0. The number of carbonyl (C=O) groups excluding carboxylic acids is 1. The number of hydrogen-bond donors (Lipinski definition) is 2. The summed E-state index contributed by atoms with van der Waals surface area (Å²) in [5.74, 6) is 0.592. The standard InChI is InChI=1S/C23H32N2O2/c1-5-9-21(19-10-7-6-8-11-19)24-16-18-12-14-20(15-13-18)27-17-22(26)25-23(2,3)4/h6-8,10-15,21,24H,5,9,16-17H2,1-4H3,(H,25,26). The van der Waals surface area contributed by atoms with Gasteiger partial charge in [-0.25, -0.2) is 0 Å². The van der Waals surface area contributed by atoms with Crippen LogP contribution in [0.5, 0.6) is 5.75 Å². The van der Waals surface area contributed by atoms with Crippen molar-refractivity contribution in [1.29, 1.82) is 0 Å². The average Bonchev–Trinajstić information content (AvgIpc) is 2.63. The van der Waals surface area contributed by atoms with E-state index in [4.69, 9.17) is 4.74 Å². The van der Waals surface area contributed by atoms with Gasteiger partial charge in [-0.2, -0.15) is 0 Å². The number of benzene rings is 2. The van der Waals surface area contributed by atoms with Crippen molar-refractivity contribution in [3.63, 3.8) is 0 Å². The quantitative estimate of drug-likeness (QED) is 0.679. The highest BCUT2D eigenvalue weighted by atomic mass is 16.5. The third kappa shape index (κ3) is 7.83. The van der Waals surface area contributed by atoms with Crippen molar-refractivity contribution in [2.24, 2.45) is 0 Å². The normalized spacial score (nSPS) is 12.4. The summed E-state index contributed by atoms with van der Waals surface area (Å²) in [7, 11) is 0. The van der Waals surface area contributed by atoms with Crippen LogP contribution < -0.4 is 15.4 Å². The van der Waals surface area contributed by atoms with Gasteiger partial charge in [-0.1, -0.05) is 55.8 Å². The molecule has 0 radical (unpaired) electrons. The van der Waals surface area contributed by atoms with Crippen molar-refractivity contribution in [3.05, 3.63) is 65.7 Å². The van der Waals surface area contributed by atoms with Crippen molar-refractivity contribution in [2.75, 3.05) is 6.61 Å². The van der Waals surface area contributed by atoms with Gasteiger partial charge in [0.2, 0.25) is 0 Å². The summed E-state index contributed by atoms with van der Waals surface area (Å²) in [4.78, 5) is 11.8. The third-order valence-corrected chi connectivity index (χ3v) is 4.14. The lowest BCUT2D eigenvalue weighted by Crippen LogP contribution is -2.43. The second kappa shape index (κ2) is 10.1. The van der Waals surface area contributed by atoms with Crippen molar-refractivity contribution in [1.82, 2.24) is 10.6 Å². The molecule has 1 amide bonds. The molecule has 0 heterocycles. The van der Waals surface area contributed by atoms with Crippen LogP contribution in [0.25, 0.3) is 0 Å². The summed E-state index contributed by atoms with van der Waals surface area (Å²) in [6.07, 6.45) is 2.24. The van der Waals surface area contributed by atoms with E-state index in [2.05, 4.69) is 41.8 Å². The molecule has 4 heteroatoms. The van der Waals surface area contributed by atoms with Gasteiger partial charge >= 0.3 is 0 Å². The van der Waals surface area contributed by atoms with Crippen LogP contribution in [-0.2, 0) is 11.3 Å². The maximum Gasteiger partial charge on any atom is 0.258 e. The van der Waals surface area contributed by atoms with Crippen LogP contribution >= 0.6 is 0 Å². The van der Waals surface area contributed by atoms with E-state index >= 15 is 0 Å². The first kappa shape index (κ1) is 21.0. The molecule has 0 aliphatic rings. The van der Waals surface area contributed by atoms with Crippen molar-refractivity contribution >= 4 is 5.91 Å². The topological polar surface area (TPSA) is 50.4 Å².